The summed E-state index contributed by atoms with van der Waals surface area (Å²) in [5, 5.41) is 0. The zero-order chi connectivity index (χ0) is 43.7. The van der Waals surface area contributed by atoms with Crippen LogP contribution in [0.25, 0.3) is 0 Å². The largest absolute Gasteiger partial charge is 0.462 e. The molecule has 0 fully saturated rings. The molecule has 0 aromatic heterocycles. The van der Waals surface area contributed by atoms with Crippen molar-refractivity contribution in [3.8, 4) is 0 Å². The topological polar surface area (TPSA) is 78.9 Å². The van der Waals surface area contributed by atoms with Gasteiger partial charge in [0.2, 0.25) is 0 Å². The van der Waals surface area contributed by atoms with E-state index in [-0.39, 0.29) is 37.5 Å². The van der Waals surface area contributed by atoms with Crippen LogP contribution in [-0.2, 0) is 28.6 Å². The third-order valence-electron chi connectivity index (χ3n) is 10.8. The summed E-state index contributed by atoms with van der Waals surface area (Å²) in [4.78, 5) is 37.8. The predicted molar refractivity (Wildman–Crippen MR) is 256 cm³/mol. The van der Waals surface area contributed by atoms with E-state index in [1.807, 2.05) is 0 Å². The van der Waals surface area contributed by atoms with Gasteiger partial charge in [-0.1, -0.05) is 229 Å². The monoisotopic (exact) mass is 839 g/mol. The fourth-order valence-corrected chi connectivity index (χ4v) is 7.01. The molecule has 0 bridgehead atoms. The summed E-state index contributed by atoms with van der Waals surface area (Å²) in [6.07, 6.45) is 59.3. The first-order valence-corrected chi connectivity index (χ1v) is 25.3. The van der Waals surface area contributed by atoms with Gasteiger partial charge >= 0.3 is 17.9 Å². The normalized spacial score (nSPS) is 12.5. The highest BCUT2D eigenvalue weighted by molar-refractivity contribution is 5.71. The van der Waals surface area contributed by atoms with Gasteiger partial charge in [0.25, 0.3) is 0 Å². The van der Waals surface area contributed by atoms with Gasteiger partial charge in [0.05, 0.1) is 0 Å². The van der Waals surface area contributed by atoms with Crippen molar-refractivity contribution in [1.29, 1.82) is 0 Å². The minimum absolute atomic E-state index is 0.0893. The molecule has 0 rings (SSSR count). The van der Waals surface area contributed by atoms with Crippen LogP contribution in [-0.4, -0.2) is 37.2 Å². The lowest BCUT2D eigenvalue weighted by atomic mass is 10.0. The van der Waals surface area contributed by atoms with Gasteiger partial charge in [-0.2, -0.15) is 0 Å². The van der Waals surface area contributed by atoms with E-state index in [0.717, 1.165) is 77.0 Å². The molecule has 0 aliphatic carbocycles. The number of carbonyl (C=O) groups is 3. The second kappa shape index (κ2) is 48.8. The van der Waals surface area contributed by atoms with Crippen LogP contribution in [0.1, 0.15) is 245 Å². The molecule has 1 atom stereocenters. The SMILES string of the molecule is CC/C=C\C/C=C\C/C=C\C/C=C\C/C=C\CCCC(=O)OCC(COC(=O)CCCCCCCCCC)OC(=O)CCCCCCCCCCCCCCCCCCC. The summed E-state index contributed by atoms with van der Waals surface area (Å²) in [7, 11) is 0. The first-order valence-electron chi connectivity index (χ1n) is 25.3. The second-order valence-electron chi connectivity index (χ2n) is 16.7. The van der Waals surface area contributed by atoms with Crippen molar-refractivity contribution in [1.82, 2.24) is 0 Å². The highest BCUT2D eigenvalue weighted by Gasteiger charge is 2.19. The van der Waals surface area contributed by atoms with Crippen molar-refractivity contribution in [2.45, 2.75) is 252 Å². The van der Waals surface area contributed by atoms with E-state index in [4.69, 9.17) is 14.2 Å². The van der Waals surface area contributed by atoms with Gasteiger partial charge in [0.1, 0.15) is 13.2 Å². The molecule has 0 spiro atoms. The molecule has 0 saturated carbocycles. The van der Waals surface area contributed by atoms with Gasteiger partial charge in [-0.3, -0.25) is 14.4 Å². The Bertz CT molecular complexity index is 1100. The average Bonchev–Trinajstić information content (AvgIpc) is 3.24. The number of rotatable bonds is 45. The Morgan fingerprint density at radius 2 is 0.650 bits per heavy atom. The maximum Gasteiger partial charge on any atom is 0.306 e. The standard InChI is InChI=1S/C54H94O6/c1-4-7-10-13-16-19-21-23-25-27-29-31-33-35-38-41-44-47-53(56)59-50-51(49-58-52(55)46-43-40-37-18-15-12-9-6-3)60-54(57)48-45-42-39-36-34-32-30-28-26-24-22-20-17-14-11-8-5-2/h7,10,16,19,23,25,29,31,35,38,51H,4-6,8-9,11-15,17-18,20-22,24,26-28,30,32-34,36-37,39-50H2,1-3H3/b10-7-,19-16-,25-23-,31-29-,38-35-. The lowest BCUT2D eigenvalue weighted by Gasteiger charge is -2.18. The van der Waals surface area contributed by atoms with Crippen molar-refractivity contribution in [3.63, 3.8) is 0 Å². The van der Waals surface area contributed by atoms with Crippen LogP contribution in [0.3, 0.4) is 0 Å². The number of hydrogen-bond acceptors (Lipinski definition) is 6. The van der Waals surface area contributed by atoms with Crippen LogP contribution in [0.15, 0.2) is 60.8 Å². The molecule has 6 heteroatoms. The fourth-order valence-electron chi connectivity index (χ4n) is 7.01. The average molecular weight is 839 g/mol. The number of carbonyl (C=O) groups excluding carboxylic acids is 3. The van der Waals surface area contributed by atoms with E-state index in [9.17, 15) is 14.4 Å². The molecule has 0 amide bonds. The predicted octanol–water partition coefficient (Wildman–Crippen LogP) is 16.5. The third-order valence-corrected chi connectivity index (χ3v) is 10.8. The van der Waals surface area contributed by atoms with Crippen LogP contribution in [0, 0.1) is 0 Å². The van der Waals surface area contributed by atoms with E-state index in [0.29, 0.717) is 19.3 Å². The molecule has 60 heavy (non-hydrogen) atoms. The van der Waals surface area contributed by atoms with Crippen LogP contribution in [0.5, 0.6) is 0 Å². The van der Waals surface area contributed by atoms with Crippen molar-refractivity contribution >= 4 is 17.9 Å². The Hall–Kier alpha value is -2.89. The van der Waals surface area contributed by atoms with Crippen molar-refractivity contribution in [3.05, 3.63) is 60.8 Å². The maximum absolute atomic E-state index is 12.8. The molecule has 0 aromatic carbocycles. The molecule has 0 heterocycles. The first-order chi connectivity index (χ1) is 29.5. The zero-order valence-electron chi connectivity index (χ0n) is 39.5. The van der Waals surface area contributed by atoms with Crippen LogP contribution in [0.4, 0.5) is 0 Å². The number of allylic oxidation sites excluding steroid dienone is 10. The summed E-state index contributed by atoms with van der Waals surface area (Å²) in [5.41, 5.74) is 0. The van der Waals surface area contributed by atoms with Crippen LogP contribution < -0.4 is 0 Å². The summed E-state index contributed by atoms with van der Waals surface area (Å²) >= 11 is 0. The Morgan fingerprint density at radius 3 is 1.02 bits per heavy atom. The Balaban J connectivity index is 4.37. The molecule has 0 aromatic rings. The van der Waals surface area contributed by atoms with Crippen molar-refractivity contribution in [2.75, 3.05) is 13.2 Å². The van der Waals surface area contributed by atoms with Gasteiger partial charge in [0, 0.05) is 19.3 Å². The lowest BCUT2D eigenvalue weighted by Crippen LogP contribution is -2.30. The van der Waals surface area contributed by atoms with Gasteiger partial charge in [-0.05, 0) is 57.8 Å². The first kappa shape index (κ1) is 57.1. The van der Waals surface area contributed by atoms with Crippen molar-refractivity contribution < 1.29 is 28.6 Å². The van der Waals surface area contributed by atoms with E-state index < -0.39 is 6.10 Å². The minimum Gasteiger partial charge on any atom is -0.462 e. The van der Waals surface area contributed by atoms with E-state index in [2.05, 4.69) is 81.5 Å². The Labute approximate surface area is 370 Å². The summed E-state index contributed by atoms with van der Waals surface area (Å²) in [6.45, 7) is 6.46. The molecule has 1 unspecified atom stereocenters. The molecule has 0 aliphatic heterocycles. The van der Waals surface area contributed by atoms with E-state index >= 15 is 0 Å². The van der Waals surface area contributed by atoms with Gasteiger partial charge in [-0.25, -0.2) is 0 Å². The number of esters is 3. The van der Waals surface area contributed by atoms with Gasteiger partial charge in [0.15, 0.2) is 6.10 Å². The van der Waals surface area contributed by atoms with Gasteiger partial charge in [-0.15, -0.1) is 0 Å². The minimum atomic E-state index is -0.791. The molecule has 0 saturated heterocycles. The Morgan fingerprint density at radius 1 is 0.350 bits per heavy atom. The molecule has 0 aliphatic rings. The maximum atomic E-state index is 12.8. The van der Waals surface area contributed by atoms with Crippen LogP contribution in [0.2, 0.25) is 0 Å². The molecule has 346 valence electrons. The van der Waals surface area contributed by atoms with Crippen LogP contribution >= 0.6 is 0 Å². The zero-order valence-corrected chi connectivity index (χ0v) is 39.5. The van der Waals surface area contributed by atoms with Crippen molar-refractivity contribution in [2.24, 2.45) is 0 Å². The Kier molecular flexibility index (Phi) is 46.4. The summed E-state index contributed by atoms with van der Waals surface area (Å²) < 4.78 is 16.7. The molecule has 0 N–H and O–H groups in total. The van der Waals surface area contributed by atoms with Gasteiger partial charge < -0.3 is 14.2 Å². The van der Waals surface area contributed by atoms with E-state index in [1.165, 1.54) is 122 Å². The van der Waals surface area contributed by atoms with E-state index in [1.54, 1.807) is 0 Å². The third kappa shape index (κ3) is 46.2. The number of hydrogen-bond donors (Lipinski definition) is 0. The second-order valence-corrected chi connectivity index (χ2v) is 16.7. The lowest BCUT2D eigenvalue weighted by molar-refractivity contribution is -0.167. The quantitative estimate of drug-likeness (QED) is 0.0263. The molecular formula is C54H94O6. The molecule has 0 radical (unpaired) electrons. The fraction of sp³-hybridized carbons (Fsp3) is 0.759. The molecule has 6 nitrogen and oxygen atoms in total. The summed E-state index contributed by atoms with van der Waals surface area (Å²) in [6, 6.07) is 0. The molecular weight excluding hydrogens is 745 g/mol. The highest BCUT2D eigenvalue weighted by atomic mass is 16.6. The summed E-state index contributed by atoms with van der Waals surface area (Å²) in [5.74, 6) is -0.949. The highest BCUT2D eigenvalue weighted by Crippen LogP contribution is 2.15. The smallest absolute Gasteiger partial charge is 0.306 e. The number of unbranched alkanes of at least 4 members (excludes halogenated alkanes) is 24. The number of ether oxygens (including phenoxy) is 3.